The number of hydrogen-bond donors (Lipinski definition) is 1. The molecule has 1 saturated heterocycles. The van der Waals surface area contributed by atoms with Gasteiger partial charge in [-0.05, 0) is 40.5 Å². The van der Waals surface area contributed by atoms with Crippen LogP contribution in [0, 0.1) is 0 Å². The highest BCUT2D eigenvalue weighted by molar-refractivity contribution is 5.88. The van der Waals surface area contributed by atoms with Gasteiger partial charge in [0, 0.05) is 29.7 Å². The zero-order valence-corrected chi connectivity index (χ0v) is 13.9. The topological polar surface area (TPSA) is 60.9 Å². The zero-order chi connectivity index (χ0) is 16.5. The zero-order valence-electron chi connectivity index (χ0n) is 13.9. The number of carbonyl (C=O) groups is 2. The van der Waals surface area contributed by atoms with Crippen LogP contribution in [0.1, 0.15) is 40.5 Å². The number of carboxylic acid groups (broad SMARTS) is 1. The first-order valence-corrected chi connectivity index (χ1v) is 7.77. The Kier molecular flexibility index (Phi) is 4.47. The second kappa shape index (κ2) is 5.88. The highest BCUT2D eigenvalue weighted by atomic mass is 16.4. The van der Waals surface area contributed by atoms with Crippen LogP contribution < -0.4 is 0 Å². The highest BCUT2D eigenvalue weighted by Gasteiger charge is 2.47. The summed E-state index contributed by atoms with van der Waals surface area (Å²) in [4.78, 5) is 27.4. The minimum Gasteiger partial charge on any atom is -0.480 e. The molecule has 1 N–H and O–H groups in total. The number of amides is 1. The first-order chi connectivity index (χ1) is 10.1. The summed E-state index contributed by atoms with van der Waals surface area (Å²) in [5, 5.41) is 9.20. The summed E-state index contributed by atoms with van der Waals surface area (Å²) in [7, 11) is 0. The molecule has 0 spiro atoms. The number of piperidine rings is 1. The average Bonchev–Trinajstić information content (AvgIpc) is 2.57. The molecule has 122 valence electrons. The Bertz CT molecular complexity index is 502. The summed E-state index contributed by atoms with van der Waals surface area (Å²) in [5.74, 6) is -0.774. The third kappa shape index (κ3) is 3.40. The second-order valence-electron chi connectivity index (χ2n) is 7.44. The molecule has 0 aliphatic carbocycles. The molecule has 0 radical (unpaired) electrons. The molecule has 0 bridgehead atoms. The van der Waals surface area contributed by atoms with Gasteiger partial charge in [0.1, 0.15) is 0 Å². The first-order valence-electron chi connectivity index (χ1n) is 7.77. The molecule has 0 atom stereocenters. The van der Waals surface area contributed by atoms with Gasteiger partial charge in [0.15, 0.2) is 0 Å². The maximum Gasteiger partial charge on any atom is 0.317 e. The molecule has 5 nitrogen and oxygen atoms in total. The van der Waals surface area contributed by atoms with E-state index in [1.54, 1.807) is 12.2 Å². The molecule has 2 rings (SSSR count). The molecular weight excluding hydrogens is 280 g/mol. The SMILES string of the molecule is CC1(C)CC(N2CC=CC=CC2=O)CC(C)(C)N1CC(=O)O. The van der Waals surface area contributed by atoms with E-state index < -0.39 is 5.97 Å². The van der Waals surface area contributed by atoms with E-state index in [-0.39, 0.29) is 29.6 Å². The van der Waals surface area contributed by atoms with Crippen LogP contribution in [0.3, 0.4) is 0 Å². The van der Waals surface area contributed by atoms with Gasteiger partial charge in [-0.3, -0.25) is 14.5 Å². The van der Waals surface area contributed by atoms with Crippen LogP contribution >= 0.6 is 0 Å². The van der Waals surface area contributed by atoms with Gasteiger partial charge in [-0.15, -0.1) is 0 Å². The lowest BCUT2D eigenvalue weighted by atomic mass is 9.76. The fourth-order valence-electron chi connectivity index (χ4n) is 3.95. The molecular formula is C17H26N2O3. The van der Waals surface area contributed by atoms with Crippen LogP contribution in [0.5, 0.6) is 0 Å². The largest absolute Gasteiger partial charge is 0.480 e. The van der Waals surface area contributed by atoms with Gasteiger partial charge in [-0.2, -0.15) is 0 Å². The predicted octanol–water partition coefficient (Wildman–Crippen LogP) is 2.05. The van der Waals surface area contributed by atoms with Crippen molar-refractivity contribution in [2.45, 2.75) is 57.7 Å². The van der Waals surface area contributed by atoms with Gasteiger partial charge in [-0.25, -0.2) is 0 Å². The van der Waals surface area contributed by atoms with E-state index in [1.807, 2.05) is 22.0 Å². The minimum atomic E-state index is -0.809. The maximum atomic E-state index is 12.3. The lowest BCUT2D eigenvalue weighted by Gasteiger charge is -2.56. The van der Waals surface area contributed by atoms with Crippen LogP contribution in [0.15, 0.2) is 24.3 Å². The molecule has 22 heavy (non-hydrogen) atoms. The molecule has 5 heteroatoms. The highest BCUT2D eigenvalue weighted by Crippen LogP contribution is 2.40. The molecule has 1 fully saturated rings. The number of likely N-dealkylation sites (tertiary alicyclic amines) is 1. The molecule has 0 unspecified atom stereocenters. The Morgan fingerprint density at radius 3 is 2.36 bits per heavy atom. The Hall–Kier alpha value is -1.62. The molecule has 0 aromatic heterocycles. The summed E-state index contributed by atoms with van der Waals surface area (Å²) in [5.41, 5.74) is -0.546. The van der Waals surface area contributed by atoms with Crippen molar-refractivity contribution in [3.63, 3.8) is 0 Å². The van der Waals surface area contributed by atoms with Crippen LogP contribution in [0.2, 0.25) is 0 Å². The van der Waals surface area contributed by atoms with Crippen molar-refractivity contribution >= 4 is 11.9 Å². The van der Waals surface area contributed by atoms with Gasteiger partial charge in [0.05, 0.1) is 6.54 Å². The summed E-state index contributed by atoms with van der Waals surface area (Å²) in [6, 6.07) is 0.120. The van der Waals surface area contributed by atoms with Crippen molar-refractivity contribution < 1.29 is 14.7 Å². The van der Waals surface area contributed by atoms with Crippen LogP contribution in [0.4, 0.5) is 0 Å². The van der Waals surface area contributed by atoms with E-state index in [1.165, 1.54) is 0 Å². The van der Waals surface area contributed by atoms with Crippen molar-refractivity contribution in [2.24, 2.45) is 0 Å². The van der Waals surface area contributed by atoms with Gasteiger partial charge >= 0.3 is 5.97 Å². The lowest BCUT2D eigenvalue weighted by Crippen LogP contribution is -2.65. The Balaban J connectivity index is 2.25. The maximum absolute atomic E-state index is 12.3. The average molecular weight is 306 g/mol. The fraction of sp³-hybridized carbons (Fsp3) is 0.647. The molecule has 2 aliphatic heterocycles. The van der Waals surface area contributed by atoms with Gasteiger partial charge in [0.25, 0.3) is 0 Å². The van der Waals surface area contributed by atoms with Crippen molar-refractivity contribution in [2.75, 3.05) is 13.1 Å². The van der Waals surface area contributed by atoms with Crippen LogP contribution in [-0.2, 0) is 9.59 Å². The molecule has 0 saturated carbocycles. The van der Waals surface area contributed by atoms with E-state index in [4.69, 9.17) is 0 Å². The number of aliphatic carboxylic acids is 1. The Morgan fingerprint density at radius 1 is 1.23 bits per heavy atom. The number of hydrogen-bond acceptors (Lipinski definition) is 3. The summed E-state index contributed by atoms with van der Waals surface area (Å²) in [6.07, 6.45) is 8.82. The molecule has 2 heterocycles. The van der Waals surface area contributed by atoms with Crippen molar-refractivity contribution in [3.05, 3.63) is 24.3 Å². The second-order valence-corrected chi connectivity index (χ2v) is 7.44. The third-order valence-electron chi connectivity index (χ3n) is 4.74. The monoisotopic (exact) mass is 306 g/mol. The molecule has 0 aromatic carbocycles. The first kappa shape index (κ1) is 16.7. The number of carboxylic acids is 1. The van der Waals surface area contributed by atoms with E-state index in [0.29, 0.717) is 6.54 Å². The van der Waals surface area contributed by atoms with Gasteiger partial charge in [-0.1, -0.05) is 18.2 Å². The molecule has 1 amide bonds. The van der Waals surface area contributed by atoms with Crippen molar-refractivity contribution in [3.8, 4) is 0 Å². The normalized spacial score (nSPS) is 25.3. The summed E-state index contributed by atoms with van der Waals surface area (Å²) in [6.45, 7) is 8.91. The van der Waals surface area contributed by atoms with E-state index in [0.717, 1.165) is 12.8 Å². The third-order valence-corrected chi connectivity index (χ3v) is 4.74. The number of carbonyl (C=O) groups excluding carboxylic acids is 1. The summed E-state index contributed by atoms with van der Waals surface area (Å²) < 4.78 is 0. The van der Waals surface area contributed by atoms with Crippen LogP contribution in [0.25, 0.3) is 0 Å². The molecule has 0 aromatic rings. The van der Waals surface area contributed by atoms with Gasteiger partial charge in [0.2, 0.25) is 5.91 Å². The van der Waals surface area contributed by atoms with E-state index in [2.05, 4.69) is 27.7 Å². The van der Waals surface area contributed by atoms with E-state index >= 15 is 0 Å². The minimum absolute atomic E-state index is 0.0282. The fourth-order valence-corrected chi connectivity index (χ4v) is 3.95. The number of rotatable bonds is 3. The van der Waals surface area contributed by atoms with E-state index in [9.17, 15) is 14.7 Å². The summed E-state index contributed by atoms with van der Waals surface area (Å²) >= 11 is 0. The van der Waals surface area contributed by atoms with Gasteiger partial charge < -0.3 is 10.0 Å². The Morgan fingerprint density at radius 2 is 1.82 bits per heavy atom. The molecule has 2 aliphatic rings. The predicted molar refractivity (Wildman–Crippen MR) is 85.5 cm³/mol. The standard InChI is InChI=1S/C17H26N2O3/c1-16(2)10-13(18-9-7-5-6-8-14(18)20)11-17(3,4)19(16)12-15(21)22/h5-8,13H,9-12H2,1-4H3,(H,21,22). The quantitative estimate of drug-likeness (QED) is 0.867. The van der Waals surface area contributed by atoms with Crippen molar-refractivity contribution in [1.29, 1.82) is 0 Å². The number of nitrogens with zero attached hydrogens (tertiary/aromatic N) is 2. The Labute approximate surface area is 132 Å². The number of allylic oxidation sites excluding steroid dienone is 2. The lowest BCUT2D eigenvalue weighted by molar-refractivity contribution is -0.148. The smallest absolute Gasteiger partial charge is 0.317 e. The van der Waals surface area contributed by atoms with Crippen molar-refractivity contribution in [1.82, 2.24) is 9.80 Å². The van der Waals surface area contributed by atoms with Crippen LogP contribution in [-0.4, -0.2) is 57.0 Å².